The minimum absolute atomic E-state index is 0.166. The molecule has 1 aromatic carbocycles. The summed E-state index contributed by atoms with van der Waals surface area (Å²) >= 11 is 0. The molecular formula is C17H19N5O3. The second kappa shape index (κ2) is 6.19. The van der Waals surface area contributed by atoms with Crippen molar-refractivity contribution >= 4 is 17.0 Å². The maximum Gasteiger partial charge on any atom is 0.314 e. The monoisotopic (exact) mass is 341 g/mol. The van der Waals surface area contributed by atoms with Gasteiger partial charge in [-0.05, 0) is 25.0 Å². The molecule has 8 nitrogen and oxygen atoms in total. The van der Waals surface area contributed by atoms with Crippen LogP contribution in [0.15, 0.2) is 28.7 Å². The lowest BCUT2D eigenvalue weighted by atomic mass is 9.97. The lowest BCUT2D eigenvalue weighted by Crippen LogP contribution is -2.38. The van der Waals surface area contributed by atoms with E-state index in [4.69, 9.17) is 9.15 Å². The van der Waals surface area contributed by atoms with Gasteiger partial charge in [-0.2, -0.15) is 4.98 Å². The molecule has 1 aliphatic rings. The van der Waals surface area contributed by atoms with Crippen molar-refractivity contribution < 1.29 is 13.9 Å². The molecule has 0 spiro atoms. The number of para-hydroxylation sites is 2. The Morgan fingerprint density at radius 2 is 2.00 bits per heavy atom. The van der Waals surface area contributed by atoms with E-state index < -0.39 is 0 Å². The zero-order valence-electron chi connectivity index (χ0n) is 14.2. The minimum Gasteiger partial charge on any atom is -0.467 e. The molecule has 4 rings (SSSR count). The van der Waals surface area contributed by atoms with E-state index in [-0.39, 0.29) is 17.6 Å². The van der Waals surface area contributed by atoms with E-state index in [2.05, 4.69) is 15.1 Å². The van der Waals surface area contributed by atoms with Crippen molar-refractivity contribution in [3.8, 4) is 6.01 Å². The van der Waals surface area contributed by atoms with Crippen LogP contribution in [0.1, 0.15) is 35.3 Å². The normalized spacial score (nSPS) is 15.7. The van der Waals surface area contributed by atoms with Gasteiger partial charge in [0.15, 0.2) is 11.5 Å². The second-order valence-corrected chi connectivity index (χ2v) is 6.13. The van der Waals surface area contributed by atoms with E-state index in [9.17, 15) is 4.79 Å². The first-order valence-electron chi connectivity index (χ1n) is 8.25. The summed E-state index contributed by atoms with van der Waals surface area (Å²) in [5.41, 5.74) is 1.68. The van der Waals surface area contributed by atoms with Gasteiger partial charge >= 0.3 is 6.01 Å². The Hall–Kier alpha value is -2.90. The highest BCUT2D eigenvalue weighted by Crippen LogP contribution is 2.30. The van der Waals surface area contributed by atoms with Crippen LogP contribution in [0, 0.1) is 0 Å². The van der Waals surface area contributed by atoms with Crippen LogP contribution >= 0.6 is 0 Å². The van der Waals surface area contributed by atoms with Gasteiger partial charge in [-0.3, -0.25) is 4.79 Å². The van der Waals surface area contributed by atoms with Gasteiger partial charge in [0.1, 0.15) is 5.52 Å². The minimum atomic E-state index is -0.171. The molecule has 25 heavy (non-hydrogen) atoms. The summed E-state index contributed by atoms with van der Waals surface area (Å²) in [6.45, 7) is 1.26. The highest BCUT2D eigenvalue weighted by molar-refractivity contribution is 5.90. The predicted molar refractivity (Wildman–Crippen MR) is 89.4 cm³/mol. The number of carbonyl (C=O) groups is 1. The number of ether oxygens (including phenoxy) is 1. The highest BCUT2D eigenvalue weighted by atomic mass is 16.5. The van der Waals surface area contributed by atoms with Crippen molar-refractivity contribution in [1.29, 1.82) is 0 Å². The molecule has 0 N–H and O–H groups in total. The zero-order valence-corrected chi connectivity index (χ0v) is 14.2. The van der Waals surface area contributed by atoms with Gasteiger partial charge in [-0.25, -0.2) is 9.67 Å². The Labute approximate surface area is 144 Å². The van der Waals surface area contributed by atoms with Crippen LogP contribution in [0.25, 0.3) is 11.1 Å². The van der Waals surface area contributed by atoms with E-state index in [0.717, 1.165) is 29.8 Å². The predicted octanol–water partition coefficient (Wildman–Crippen LogP) is 1.98. The van der Waals surface area contributed by atoms with E-state index in [0.29, 0.717) is 19.1 Å². The molecule has 130 valence electrons. The van der Waals surface area contributed by atoms with Gasteiger partial charge in [0.05, 0.1) is 7.11 Å². The molecule has 0 aliphatic carbocycles. The van der Waals surface area contributed by atoms with Gasteiger partial charge in [0.25, 0.3) is 5.91 Å². The lowest BCUT2D eigenvalue weighted by molar-refractivity contribution is 0.0694. The molecule has 0 saturated carbocycles. The summed E-state index contributed by atoms with van der Waals surface area (Å²) in [6, 6.07) is 8.08. The van der Waals surface area contributed by atoms with Crippen molar-refractivity contribution in [3.63, 3.8) is 0 Å². The molecule has 0 unspecified atom stereocenters. The summed E-state index contributed by atoms with van der Waals surface area (Å²) in [6.07, 6.45) is 1.62. The van der Waals surface area contributed by atoms with Crippen LogP contribution in [0.5, 0.6) is 6.01 Å². The first-order valence-corrected chi connectivity index (χ1v) is 8.25. The third-order valence-corrected chi connectivity index (χ3v) is 4.54. The fourth-order valence-corrected chi connectivity index (χ4v) is 3.17. The van der Waals surface area contributed by atoms with Crippen molar-refractivity contribution in [1.82, 2.24) is 24.6 Å². The van der Waals surface area contributed by atoms with Gasteiger partial charge in [-0.15, -0.1) is 5.10 Å². The first-order chi connectivity index (χ1) is 12.2. The van der Waals surface area contributed by atoms with Crippen molar-refractivity contribution in [2.45, 2.75) is 18.8 Å². The number of rotatable bonds is 3. The largest absolute Gasteiger partial charge is 0.467 e. The third kappa shape index (κ3) is 2.84. The summed E-state index contributed by atoms with van der Waals surface area (Å²) in [7, 11) is 3.20. The summed E-state index contributed by atoms with van der Waals surface area (Å²) < 4.78 is 12.4. The van der Waals surface area contributed by atoms with Crippen LogP contribution in [-0.2, 0) is 7.05 Å². The number of hydrogen-bond acceptors (Lipinski definition) is 6. The third-order valence-electron chi connectivity index (χ3n) is 4.54. The van der Waals surface area contributed by atoms with Crippen LogP contribution < -0.4 is 4.74 Å². The Morgan fingerprint density at radius 1 is 1.24 bits per heavy atom. The van der Waals surface area contributed by atoms with Crippen molar-refractivity contribution in [2.75, 3.05) is 20.2 Å². The van der Waals surface area contributed by atoms with Crippen LogP contribution in [-0.4, -0.2) is 50.8 Å². The number of piperidine rings is 1. The molecule has 2 aromatic heterocycles. The van der Waals surface area contributed by atoms with Crippen molar-refractivity contribution in [2.24, 2.45) is 7.05 Å². The van der Waals surface area contributed by atoms with E-state index >= 15 is 0 Å². The highest BCUT2D eigenvalue weighted by Gasteiger charge is 2.29. The number of likely N-dealkylation sites (tertiary alicyclic amines) is 1. The van der Waals surface area contributed by atoms with Gasteiger partial charge in [-0.1, -0.05) is 12.1 Å². The first kappa shape index (κ1) is 15.6. The second-order valence-electron chi connectivity index (χ2n) is 6.13. The molecule has 3 heterocycles. The lowest BCUT2D eigenvalue weighted by Gasteiger charge is -2.29. The van der Waals surface area contributed by atoms with E-state index in [1.165, 1.54) is 11.8 Å². The van der Waals surface area contributed by atoms with E-state index in [1.54, 1.807) is 11.9 Å². The number of aryl methyl sites for hydroxylation is 1. The maximum atomic E-state index is 12.6. The summed E-state index contributed by atoms with van der Waals surface area (Å²) in [4.78, 5) is 23.0. The topological polar surface area (TPSA) is 86.3 Å². The summed E-state index contributed by atoms with van der Waals surface area (Å²) in [5, 5.41) is 4.12. The van der Waals surface area contributed by atoms with Crippen molar-refractivity contribution in [3.05, 3.63) is 36.0 Å². The Morgan fingerprint density at radius 3 is 2.68 bits per heavy atom. The van der Waals surface area contributed by atoms with Crippen LogP contribution in [0.4, 0.5) is 0 Å². The SMILES string of the molecule is COc1nc(C(=O)N2CCC(c3nc4ccccc4o3)CC2)nn1C. The average Bonchev–Trinajstić information content (AvgIpc) is 3.24. The molecule has 0 radical (unpaired) electrons. The summed E-state index contributed by atoms with van der Waals surface area (Å²) in [5.74, 6) is 0.975. The fraction of sp³-hybridized carbons (Fsp3) is 0.412. The number of oxazole rings is 1. The quantitative estimate of drug-likeness (QED) is 0.724. The fourth-order valence-electron chi connectivity index (χ4n) is 3.17. The smallest absolute Gasteiger partial charge is 0.314 e. The molecule has 1 amide bonds. The molecule has 8 heteroatoms. The molecule has 1 fully saturated rings. The van der Waals surface area contributed by atoms with E-state index in [1.807, 2.05) is 24.3 Å². The molecule has 3 aromatic rings. The Kier molecular flexibility index (Phi) is 3.87. The number of aromatic nitrogens is 4. The molecule has 0 bridgehead atoms. The maximum absolute atomic E-state index is 12.6. The number of nitrogens with zero attached hydrogens (tertiary/aromatic N) is 5. The Balaban J connectivity index is 1.44. The van der Waals surface area contributed by atoms with Gasteiger partial charge in [0.2, 0.25) is 5.82 Å². The molecule has 0 atom stereocenters. The number of amides is 1. The van der Waals surface area contributed by atoms with Crippen LogP contribution in [0.2, 0.25) is 0 Å². The number of methoxy groups -OCH3 is 1. The standard InChI is InChI=1S/C17H19N5O3/c1-21-17(24-2)19-14(20-21)16(23)22-9-7-11(8-10-22)15-18-12-5-3-4-6-13(12)25-15/h3-6,11H,7-10H2,1-2H3. The zero-order chi connectivity index (χ0) is 17.4. The average molecular weight is 341 g/mol. The van der Waals surface area contributed by atoms with Gasteiger partial charge in [0, 0.05) is 26.1 Å². The van der Waals surface area contributed by atoms with Gasteiger partial charge < -0.3 is 14.1 Å². The number of benzene rings is 1. The number of carbonyl (C=O) groups excluding carboxylic acids is 1. The number of fused-ring (bicyclic) bond motifs is 1. The molecular weight excluding hydrogens is 322 g/mol. The van der Waals surface area contributed by atoms with Crippen LogP contribution in [0.3, 0.4) is 0 Å². The molecule has 1 aliphatic heterocycles. The number of hydrogen-bond donors (Lipinski definition) is 0. The molecule has 1 saturated heterocycles. The Bertz CT molecular complexity index is 875.